The van der Waals surface area contributed by atoms with Crippen LogP contribution in [-0.4, -0.2) is 23.8 Å². The van der Waals surface area contributed by atoms with Gasteiger partial charge in [0.1, 0.15) is 6.04 Å². The first-order chi connectivity index (χ1) is 12.0. The highest BCUT2D eigenvalue weighted by Gasteiger charge is 2.29. The largest absolute Gasteiger partial charge is 0.352 e. The van der Waals surface area contributed by atoms with Crippen LogP contribution in [0, 0.1) is 0 Å². The van der Waals surface area contributed by atoms with Gasteiger partial charge in [-0.25, -0.2) is 0 Å². The van der Waals surface area contributed by atoms with E-state index in [-0.39, 0.29) is 18.2 Å². The molecule has 6 nitrogen and oxygen atoms in total. The Morgan fingerprint density at radius 2 is 1.80 bits per heavy atom. The lowest BCUT2D eigenvalue weighted by molar-refractivity contribution is -0.125. The van der Waals surface area contributed by atoms with Crippen molar-refractivity contribution in [3.8, 4) is 0 Å². The van der Waals surface area contributed by atoms with Crippen LogP contribution < -0.4 is 16.0 Å². The molecular weight excluding hydrogens is 342 g/mol. The van der Waals surface area contributed by atoms with Gasteiger partial charge in [-0.05, 0) is 29.8 Å². The van der Waals surface area contributed by atoms with E-state index in [1.54, 1.807) is 48.5 Å². The van der Waals surface area contributed by atoms with Crippen LogP contribution in [0.2, 0.25) is 5.02 Å². The molecule has 1 aliphatic heterocycles. The predicted molar refractivity (Wildman–Crippen MR) is 94.2 cm³/mol. The zero-order chi connectivity index (χ0) is 17.8. The Morgan fingerprint density at radius 1 is 1.08 bits per heavy atom. The molecule has 0 saturated heterocycles. The number of carbonyl (C=O) groups is 3. The van der Waals surface area contributed by atoms with E-state index in [1.165, 1.54) is 0 Å². The van der Waals surface area contributed by atoms with Crippen LogP contribution >= 0.6 is 11.6 Å². The molecule has 3 rings (SSSR count). The first-order valence-corrected chi connectivity index (χ1v) is 8.12. The first kappa shape index (κ1) is 17.0. The van der Waals surface area contributed by atoms with E-state index in [9.17, 15) is 14.4 Å². The van der Waals surface area contributed by atoms with Gasteiger partial charge in [-0.1, -0.05) is 35.9 Å². The Kier molecular flexibility index (Phi) is 5.00. The molecule has 25 heavy (non-hydrogen) atoms. The minimum absolute atomic E-state index is 0.140. The van der Waals surface area contributed by atoms with Gasteiger partial charge in [0, 0.05) is 11.6 Å². The molecule has 0 spiro atoms. The van der Waals surface area contributed by atoms with Crippen molar-refractivity contribution in [3.05, 3.63) is 64.7 Å². The number of halogens is 1. The SMILES string of the molecule is O=C(C[C@@H]1NC(=O)c2ccccc2NC1=O)NCc1ccc(Cl)cc1. The van der Waals surface area contributed by atoms with Crippen molar-refractivity contribution in [2.75, 3.05) is 5.32 Å². The number of nitrogens with one attached hydrogen (secondary N) is 3. The summed E-state index contributed by atoms with van der Waals surface area (Å²) >= 11 is 5.81. The molecule has 3 amide bonds. The Morgan fingerprint density at radius 3 is 2.56 bits per heavy atom. The lowest BCUT2D eigenvalue weighted by atomic mass is 10.1. The van der Waals surface area contributed by atoms with Crippen molar-refractivity contribution in [1.82, 2.24) is 10.6 Å². The molecule has 128 valence electrons. The van der Waals surface area contributed by atoms with Gasteiger partial charge in [0.25, 0.3) is 5.91 Å². The number of amides is 3. The fourth-order valence-electron chi connectivity index (χ4n) is 2.52. The van der Waals surface area contributed by atoms with Crippen LogP contribution in [0.15, 0.2) is 48.5 Å². The minimum atomic E-state index is -0.926. The molecule has 0 aromatic heterocycles. The third-order valence-electron chi connectivity index (χ3n) is 3.84. The maximum absolute atomic E-state index is 12.2. The van der Waals surface area contributed by atoms with Crippen molar-refractivity contribution in [3.63, 3.8) is 0 Å². The highest BCUT2D eigenvalue weighted by Crippen LogP contribution is 2.18. The van der Waals surface area contributed by atoms with E-state index in [1.807, 2.05) is 0 Å². The molecule has 0 aliphatic carbocycles. The molecule has 1 heterocycles. The maximum Gasteiger partial charge on any atom is 0.254 e. The first-order valence-electron chi connectivity index (χ1n) is 7.75. The number of fused-ring (bicyclic) bond motifs is 1. The number of rotatable bonds is 4. The van der Waals surface area contributed by atoms with Crippen molar-refractivity contribution < 1.29 is 14.4 Å². The summed E-state index contributed by atoms with van der Waals surface area (Å²) in [6, 6.07) is 12.9. The van der Waals surface area contributed by atoms with Crippen molar-refractivity contribution in [2.24, 2.45) is 0 Å². The van der Waals surface area contributed by atoms with Gasteiger partial charge in [-0.2, -0.15) is 0 Å². The summed E-state index contributed by atoms with van der Waals surface area (Å²) < 4.78 is 0. The quantitative estimate of drug-likeness (QED) is 0.783. The van der Waals surface area contributed by atoms with Crippen molar-refractivity contribution in [1.29, 1.82) is 0 Å². The summed E-state index contributed by atoms with van der Waals surface area (Å²) in [5.74, 6) is -1.13. The van der Waals surface area contributed by atoms with E-state index in [0.717, 1.165) is 5.56 Å². The average Bonchev–Trinajstić information content (AvgIpc) is 2.71. The van der Waals surface area contributed by atoms with Gasteiger partial charge in [0.05, 0.1) is 17.7 Å². The Hall–Kier alpha value is -2.86. The minimum Gasteiger partial charge on any atom is -0.352 e. The van der Waals surface area contributed by atoms with Crippen LogP contribution in [0.4, 0.5) is 5.69 Å². The van der Waals surface area contributed by atoms with Crippen LogP contribution in [0.3, 0.4) is 0 Å². The summed E-state index contributed by atoms with van der Waals surface area (Å²) in [7, 11) is 0. The van der Waals surface area contributed by atoms with E-state index in [0.29, 0.717) is 22.8 Å². The average molecular weight is 358 g/mol. The van der Waals surface area contributed by atoms with Crippen molar-refractivity contribution in [2.45, 2.75) is 19.0 Å². The lowest BCUT2D eigenvalue weighted by Gasteiger charge is -2.14. The molecule has 0 saturated carbocycles. The zero-order valence-electron chi connectivity index (χ0n) is 13.2. The second-order valence-corrected chi connectivity index (χ2v) is 6.10. The Balaban J connectivity index is 1.60. The highest BCUT2D eigenvalue weighted by atomic mass is 35.5. The molecule has 3 N–H and O–H groups in total. The maximum atomic E-state index is 12.2. The lowest BCUT2D eigenvalue weighted by Crippen LogP contribution is -2.44. The molecule has 1 aliphatic rings. The number of hydrogen-bond donors (Lipinski definition) is 3. The Bertz CT molecular complexity index is 821. The van der Waals surface area contributed by atoms with Crippen LogP contribution in [0.1, 0.15) is 22.3 Å². The van der Waals surface area contributed by atoms with Gasteiger partial charge in [0.2, 0.25) is 11.8 Å². The van der Waals surface area contributed by atoms with Gasteiger partial charge < -0.3 is 16.0 Å². The summed E-state index contributed by atoms with van der Waals surface area (Å²) in [6.07, 6.45) is -0.140. The smallest absolute Gasteiger partial charge is 0.254 e. The Labute approximate surface area is 149 Å². The number of carbonyl (C=O) groups excluding carboxylic acids is 3. The summed E-state index contributed by atoms with van der Waals surface area (Å²) in [5, 5.41) is 8.61. The normalized spacial score (nSPS) is 16.3. The fraction of sp³-hybridized carbons (Fsp3) is 0.167. The molecular formula is C18H16ClN3O3. The third kappa shape index (κ3) is 4.16. The monoisotopic (exact) mass is 357 g/mol. The van der Waals surface area contributed by atoms with Gasteiger partial charge >= 0.3 is 0 Å². The number of benzene rings is 2. The molecule has 1 atom stereocenters. The van der Waals surface area contributed by atoms with Crippen molar-refractivity contribution >= 4 is 35.0 Å². The molecule has 2 aromatic rings. The summed E-state index contributed by atoms with van der Waals surface area (Å²) in [4.78, 5) is 36.6. The van der Waals surface area contributed by atoms with Gasteiger partial charge in [-0.15, -0.1) is 0 Å². The molecule has 0 radical (unpaired) electrons. The van der Waals surface area contributed by atoms with Gasteiger partial charge in [-0.3, -0.25) is 14.4 Å². The zero-order valence-corrected chi connectivity index (χ0v) is 14.0. The summed E-state index contributed by atoms with van der Waals surface area (Å²) in [5.41, 5.74) is 1.70. The van der Waals surface area contributed by atoms with E-state index >= 15 is 0 Å². The van der Waals surface area contributed by atoms with E-state index < -0.39 is 11.9 Å². The van der Waals surface area contributed by atoms with E-state index in [4.69, 9.17) is 11.6 Å². The predicted octanol–water partition coefficient (Wildman–Crippen LogP) is 2.10. The number of anilines is 1. The molecule has 0 unspecified atom stereocenters. The van der Waals surface area contributed by atoms with E-state index in [2.05, 4.69) is 16.0 Å². The second-order valence-electron chi connectivity index (χ2n) is 5.67. The molecule has 0 fully saturated rings. The van der Waals surface area contributed by atoms with Gasteiger partial charge in [0.15, 0.2) is 0 Å². The standard InChI is InChI=1S/C18H16ClN3O3/c19-12-7-5-11(6-8-12)10-20-16(23)9-15-18(25)21-14-4-2-1-3-13(14)17(24)22-15/h1-8,15H,9-10H2,(H,20,23)(H,21,25)(H,22,24)/t15-/m0/s1. The topological polar surface area (TPSA) is 87.3 Å². The fourth-order valence-corrected chi connectivity index (χ4v) is 2.64. The molecule has 7 heteroatoms. The van der Waals surface area contributed by atoms with Crippen LogP contribution in [0.25, 0.3) is 0 Å². The second kappa shape index (κ2) is 7.36. The third-order valence-corrected chi connectivity index (χ3v) is 4.10. The van der Waals surface area contributed by atoms with Crippen LogP contribution in [0.5, 0.6) is 0 Å². The molecule has 2 aromatic carbocycles. The molecule has 0 bridgehead atoms. The van der Waals surface area contributed by atoms with Crippen LogP contribution in [-0.2, 0) is 16.1 Å². The highest BCUT2D eigenvalue weighted by molar-refractivity contribution is 6.30. The number of hydrogen-bond acceptors (Lipinski definition) is 3. The number of para-hydroxylation sites is 1. The summed E-state index contributed by atoms with van der Waals surface area (Å²) in [6.45, 7) is 0.318.